The first-order valence-electron chi connectivity index (χ1n) is 7.44. The molecule has 0 amide bonds. The lowest BCUT2D eigenvalue weighted by Crippen LogP contribution is -2.35. The van der Waals surface area contributed by atoms with Crippen molar-refractivity contribution in [3.63, 3.8) is 0 Å². The van der Waals surface area contributed by atoms with Gasteiger partial charge in [0.05, 0.1) is 12.8 Å². The van der Waals surface area contributed by atoms with Crippen LogP contribution < -0.4 is 5.73 Å². The molecule has 0 spiro atoms. The van der Waals surface area contributed by atoms with E-state index in [4.69, 9.17) is 10.2 Å². The third-order valence-corrected chi connectivity index (χ3v) is 4.80. The van der Waals surface area contributed by atoms with E-state index < -0.39 is 0 Å². The van der Waals surface area contributed by atoms with Gasteiger partial charge in [0.1, 0.15) is 5.76 Å². The van der Waals surface area contributed by atoms with Crippen molar-refractivity contribution in [1.82, 2.24) is 4.90 Å². The van der Waals surface area contributed by atoms with E-state index >= 15 is 0 Å². The predicted octanol–water partition coefficient (Wildman–Crippen LogP) is 3.67. The zero-order chi connectivity index (χ0) is 14.7. The summed E-state index contributed by atoms with van der Waals surface area (Å²) in [5, 5.41) is 0. The molecule has 0 aliphatic heterocycles. The monoisotopic (exact) mass is 302 g/mol. The Hall–Kier alpha value is -1.23. The van der Waals surface area contributed by atoms with Gasteiger partial charge >= 0.3 is 0 Å². The van der Waals surface area contributed by atoms with Gasteiger partial charge in [-0.2, -0.15) is 0 Å². The van der Waals surface area contributed by atoms with Crippen molar-refractivity contribution in [1.29, 1.82) is 0 Å². The summed E-state index contributed by atoms with van der Waals surface area (Å²) in [5.41, 5.74) is 7.39. The first-order chi connectivity index (χ1) is 10.3. The van der Waals surface area contributed by atoms with E-state index in [0.29, 0.717) is 12.6 Å². The van der Waals surface area contributed by atoms with Crippen molar-refractivity contribution >= 4 is 11.8 Å². The second-order valence-electron chi connectivity index (χ2n) is 5.51. The second-order valence-corrected chi connectivity index (χ2v) is 6.39. The molecule has 1 aromatic heterocycles. The topological polar surface area (TPSA) is 42.4 Å². The molecule has 1 heterocycles. The summed E-state index contributed by atoms with van der Waals surface area (Å²) in [6.45, 7) is 1.47. The van der Waals surface area contributed by atoms with E-state index in [-0.39, 0.29) is 6.04 Å². The first kappa shape index (κ1) is 14.7. The zero-order valence-corrected chi connectivity index (χ0v) is 13.2. The van der Waals surface area contributed by atoms with Crippen LogP contribution in [0.25, 0.3) is 0 Å². The summed E-state index contributed by atoms with van der Waals surface area (Å²) >= 11 is 1.77. The SMILES string of the molecule is CSc1ccc(C(CN)N(Cc2ccco2)C2CC2)cc1. The molecule has 0 radical (unpaired) electrons. The first-order valence-corrected chi connectivity index (χ1v) is 8.66. The van der Waals surface area contributed by atoms with E-state index in [1.54, 1.807) is 18.0 Å². The van der Waals surface area contributed by atoms with Gasteiger partial charge in [-0.05, 0) is 48.9 Å². The number of hydrogen-bond donors (Lipinski definition) is 1. The van der Waals surface area contributed by atoms with Gasteiger partial charge in [-0.1, -0.05) is 12.1 Å². The lowest BCUT2D eigenvalue weighted by Gasteiger charge is -2.30. The maximum Gasteiger partial charge on any atom is 0.117 e. The van der Waals surface area contributed by atoms with Crippen LogP contribution in [0, 0.1) is 0 Å². The fraction of sp³-hybridized carbons (Fsp3) is 0.412. The molecular weight excluding hydrogens is 280 g/mol. The maximum absolute atomic E-state index is 6.09. The Morgan fingerprint density at radius 1 is 1.29 bits per heavy atom. The van der Waals surface area contributed by atoms with Crippen molar-refractivity contribution in [2.75, 3.05) is 12.8 Å². The van der Waals surface area contributed by atoms with Crippen LogP contribution in [0.2, 0.25) is 0 Å². The van der Waals surface area contributed by atoms with Crippen LogP contribution in [0.4, 0.5) is 0 Å². The number of rotatable bonds is 7. The van der Waals surface area contributed by atoms with Crippen LogP contribution in [-0.2, 0) is 6.54 Å². The number of benzene rings is 1. The highest BCUT2D eigenvalue weighted by Gasteiger charge is 2.34. The van der Waals surface area contributed by atoms with E-state index in [2.05, 4.69) is 35.4 Å². The Morgan fingerprint density at radius 2 is 2.05 bits per heavy atom. The van der Waals surface area contributed by atoms with Crippen molar-refractivity contribution in [3.05, 3.63) is 54.0 Å². The lowest BCUT2D eigenvalue weighted by atomic mass is 10.0. The molecule has 0 bridgehead atoms. The molecule has 1 saturated carbocycles. The predicted molar refractivity (Wildman–Crippen MR) is 87.3 cm³/mol. The zero-order valence-electron chi connectivity index (χ0n) is 12.4. The molecule has 1 atom stereocenters. The summed E-state index contributed by atoms with van der Waals surface area (Å²) in [4.78, 5) is 3.78. The number of thioether (sulfide) groups is 1. The Kier molecular flexibility index (Phi) is 4.68. The van der Waals surface area contributed by atoms with Gasteiger partial charge in [-0.15, -0.1) is 11.8 Å². The van der Waals surface area contributed by atoms with E-state index in [9.17, 15) is 0 Å². The van der Waals surface area contributed by atoms with Crippen LogP contribution in [0.3, 0.4) is 0 Å². The fourth-order valence-electron chi connectivity index (χ4n) is 2.77. The van der Waals surface area contributed by atoms with Crippen molar-refractivity contribution in [2.24, 2.45) is 5.73 Å². The van der Waals surface area contributed by atoms with Crippen molar-refractivity contribution in [2.45, 2.75) is 36.4 Å². The van der Waals surface area contributed by atoms with Crippen LogP contribution in [0.1, 0.15) is 30.2 Å². The van der Waals surface area contributed by atoms with Crippen molar-refractivity contribution < 1.29 is 4.42 Å². The molecule has 1 aliphatic carbocycles. The molecule has 1 aromatic carbocycles. The maximum atomic E-state index is 6.09. The number of nitrogens with two attached hydrogens (primary N) is 1. The number of hydrogen-bond acceptors (Lipinski definition) is 4. The Balaban J connectivity index is 1.80. The minimum absolute atomic E-state index is 0.263. The lowest BCUT2D eigenvalue weighted by molar-refractivity contribution is 0.168. The average molecular weight is 302 g/mol. The van der Waals surface area contributed by atoms with Crippen LogP contribution >= 0.6 is 11.8 Å². The molecule has 3 rings (SSSR count). The normalized spacial score (nSPS) is 16.3. The van der Waals surface area contributed by atoms with E-state index in [0.717, 1.165) is 12.3 Å². The molecular formula is C17H22N2OS. The van der Waals surface area contributed by atoms with Gasteiger partial charge in [-0.3, -0.25) is 4.90 Å². The fourth-order valence-corrected chi connectivity index (χ4v) is 3.18. The molecule has 21 heavy (non-hydrogen) atoms. The third kappa shape index (κ3) is 3.51. The van der Waals surface area contributed by atoms with Gasteiger partial charge < -0.3 is 10.2 Å². The highest BCUT2D eigenvalue weighted by atomic mass is 32.2. The van der Waals surface area contributed by atoms with Gasteiger partial charge in [0, 0.05) is 23.5 Å². The molecule has 0 saturated heterocycles. The van der Waals surface area contributed by atoms with Gasteiger partial charge in [0.2, 0.25) is 0 Å². The summed E-state index contributed by atoms with van der Waals surface area (Å²) < 4.78 is 5.52. The molecule has 1 aliphatic rings. The van der Waals surface area contributed by atoms with Crippen LogP contribution in [0.5, 0.6) is 0 Å². The molecule has 2 N–H and O–H groups in total. The number of furan rings is 1. The molecule has 2 aromatic rings. The largest absolute Gasteiger partial charge is 0.468 e. The Labute approximate surface area is 130 Å². The highest BCUT2D eigenvalue weighted by molar-refractivity contribution is 7.98. The van der Waals surface area contributed by atoms with Crippen LogP contribution in [-0.4, -0.2) is 23.7 Å². The van der Waals surface area contributed by atoms with Crippen molar-refractivity contribution in [3.8, 4) is 0 Å². The minimum Gasteiger partial charge on any atom is -0.468 e. The Bertz CT molecular complexity index is 549. The quantitative estimate of drug-likeness (QED) is 0.793. The summed E-state index contributed by atoms with van der Waals surface area (Å²) in [6, 6.07) is 13.7. The standard InChI is InChI=1S/C17H22N2OS/c1-21-16-8-4-13(5-9-16)17(11-18)19(14-6-7-14)12-15-3-2-10-20-15/h2-5,8-10,14,17H,6-7,11-12,18H2,1H3. The van der Waals surface area contributed by atoms with E-state index in [1.807, 2.05) is 12.1 Å². The van der Waals surface area contributed by atoms with Gasteiger partial charge in [-0.25, -0.2) is 0 Å². The highest BCUT2D eigenvalue weighted by Crippen LogP contribution is 2.35. The second kappa shape index (κ2) is 6.69. The van der Waals surface area contributed by atoms with Gasteiger partial charge in [0.15, 0.2) is 0 Å². The van der Waals surface area contributed by atoms with Crippen LogP contribution in [0.15, 0.2) is 52.0 Å². The molecule has 4 heteroatoms. The smallest absolute Gasteiger partial charge is 0.117 e. The minimum atomic E-state index is 0.263. The van der Waals surface area contributed by atoms with E-state index in [1.165, 1.54) is 23.3 Å². The molecule has 3 nitrogen and oxygen atoms in total. The molecule has 1 fully saturated rings. The summed E-state index contributed by atoms with van der Waals surface area (Å²) in [7, 11) is 0. The number of nitrogens with zero attached hydrogens (tertiary/aromatic N) is 1. The molecule has 112 valence electrons. The average Bonchev–Trinajstić information content (AvgIpc) is 3.25. The third-order valence-electron chi connectivity index (χ3n) is 4.06. The molecule has 1 unspecified atom stereocenters. The Morgan fingerprint density at radius 3 is 2.57 bits per heavy atom. The summed E-state index contributed by atoms with van der Waals surface area (Å²) in [6.07, 6.45) is 6.37. The summed E-state index contributed by atoms with van der Waals surface area (Å²) in [5.74, 6) is 1.01. The van der Waals surface area contributed by atoms with Gasteiger partial charge in [0.25, 0.3) is 0 Å².